The van der Waals surface area contributed by atoms with Crippen LogP contribution in [0.3, 0.4) is 0 Å². The van der Waals surface area contributed by atoms with Gasteiger partial charge in [-0.2, -0.15) is 4.31 Å². The fourth-order valence-corrected chi connectivity index (χ4v) is 6.26. The molecule has 0 N–H and O–H groups in total. The van der Waals surface area contributed by atoms with Gasteiger partial charge in [0, 0.05) is 43.2 Å². The van der Waals surface area contributed by atoms with Crippen LogP contribution < -0.4 is 23.8 Å². The lowest BCUT2D eigenvalue weighted by atomic mass is 10.1. The van der Waals surface area contributed by atoms with Crippen LogP contribution in [0.15, 0.2) is 46.7 Å². The maximum absolute atomic E-state index is 13.3. The molecule has 4 rings (SSSR count). The number of piperazine rings is 1. The number of rotatable bonds is 8. The molecule has 0 unspecified atom stereocenters. The molecule has 1 aromatic heterocycles. The van der Waals surface area contributed by atoms with Gasteiger partial charge in [0.05, 0.1) is 34.1 Å². The minimum atomic E-state index is -3.74. The molecule has 0 atom stereocenters. The van der Waals surface area contributed by atoms with Crippen LogP contribution in [0.25, 0.3) is 11.3 Å². The van der Waals surface area contributed by atoms with Crippen LogP contribution in [0.5, 0.6) is 23.0 Å². The number of anilines is 1. The summed E-state index contributed by atoms with van der Waals surface area (Å²) in [5, 5.41) is 2.80. The van der Waals surface area contributed by atoms with E-state index in [0.29, 0.717) is 43.4 Å². The molecule has 2 aromatic carbocycles. The van der Waals surface area contributed by atoms with Crippen LogP contribution >= 0.6 is 11.3 Å². The Morgan fingerprint density at radius 3 is 2.06 bits per heavy atom. The van der Waals surface area contributed by atoms with Crippen molar-refractivity contribution < 1.29 is 27.4 Å². The van der Waals surface area contributed by atoms with E-state index in [-0.39, 0.29) is 4.90 Å². The van der Waals surface area contributed by atoms with Crippen LogP contribution in [0.1, 0.15) is 0 Å². The maximum Gasteiger partial charge on any atom is 0.247 e. The Kier molecular flexibility index (Phi) is 7.15. The minimum Gasteiger partial charge on any atom is -0.497 e. The average molecular weight is 506 g/mol. The van der Waals surface area contributed by atoms with E-state index in [1.807, 2.05) is 23.6 Å². The number of sulfonamides is 1. The molecule has 3 aromatic rings. The highest BCUT2D eigenvalue weighted by molar-refractivity contribution is 7.89. The standard InChI is InChI=1S/C23H27N3O6S2/c1-29-16-5-7-20(31-3)18(13-16)19-15-33-23(24-19)25-9-11-26(12-10-25)34(27,28)22-14-17(30-2)6-8-21(22)32-4/h5-8,13-15H,9-12H2,1-4H3. The first-order chi connectivity index (χ1) is 16.4. The van der Waals surface area contributed by atoms with Crippen LogP contribution in [-0.4, -0.2) is 72.3 Å². The predicted octanol–water partition coefficient (Wildman–Crippen LogP) is 3.36. The molecule has 34 heavy (non-hydrogen) atoms. The zero-order valence-corrected chi connectivity index (χ0v) is 21.1. The lowest BCUT2D eigenvalue weighted by Crippen LogP contribution is -2.48. The summed E-state index contributed by atoms with van der Waals surface area (Å²) in [6.45, 7) is 1.71. The van der Waals surface area contributed by atoms with Crippen LogP contribution in [0, 0.1) is 0 Å². The van der Waals surface area contributed by atoms with E-state index >= 15 is 0 Å². The predicted molar refractivity (Wildman–Crippen MR) is 131 cm³/mol. The van der Waals surface area contributed by atoms with Gasteiger partial charge in [-0.25, -0.2) is 13.4 Å². The molecule has 0 saturated carbocycles. The number of ether oxygens (including phenoxy) is 4. The molecular formula is C23H27N3O6S2. The molecule has 0 aliphatic carbocycles. The van der Waals surface area contributed by atoms with Gasteiger partial charge in [0.15, 0.2) is 5.13 Å². The van der Waals surface area contributed by atoms with Gasteiger partial charge in [-0.05, 0) is 30.3 Å². The summed E-state index contributed by atoms with van der Waals surface area (Å²) in [6, 6.07) is 10.4. The van der Waals surface area contributed by atoms with Crippen molar-refractivity contribution in [1.29, 1.82) is 0 Å². The Balaban J connectivity index is 1.51. The fourth-order valence-electron chi connectivity index (χ4n) is 3.79. The van der Waals surface area contributed by atoms with Gasteiger partial charge in [0.25, 0.3) is 0 Å². The van der Waals surface area contributed by atoms with Crippen molar-refractivity contribution in [3.05, 3.63) is 41.8 Å². The van der Waals surface area contributed by atoms with Crippen molar-refractivity contribution in [2.45, 2.75) is 4.90 Å². The number of methoxy groups -OCH3 is 4. The van der Waals surface area contributed by atoms with Gasteiger partial charge in [-0.15, -0.1) is 11.3 Å². The van der Waals surface area contributed by atoms with Gasteiger partial charge in [-0.3, -0.25) is 0 Å². The van der Waals surface area contributed by atoms with Crippen LogP contribution in [0.4, 0.5) is 5.13 Å². The van der Waals surface area contributed by atoms with Crippen molar-refractivity contribution in [1.82, 2.24) is 9.29 Å². The van der Waals surface area contributed by atoms with Crippen molar-refractivity contribution in [2.75, 3.05) is 59.5 Å². The Hall–Kier alpha value is -3.02. The summed E-state index contributed by atoms with van der Waals surface area (Å²) in [5.74, 6) is 2.18. The number of benzene rings is 2. The van der Waals surface area contributed by atoms with E-state index in [1.165, 1.54) is 35.9 Å². The quantitative estimate of drug-likeness (QED) is 0.460. The largest absolute Gasteiger partial charge is 0.497 e. The lowest BCUT2D eigenvalue weighted by Gasteiger charge is -2.34. The topological polar surface area (TPSA) is 90.4 Å². The summed E-state index contributed by atoms with van der Waals surface area (Å²) >= 11 is 1.51. The zero-order chi connectivity index (χ0) is 24.3. The monoisotopic (exact) mass is 505 g/mol. The zero-order valence-electron chi connectivity index (χ0n) is 19.5. The third kappa shape index (κ3) is 4.63. The van der Waals surface area contributed by atoms with E-state index in [2.05, 4.69) is 4.90 Å². The lowest BCUT2D eigenvalue weighted by molar-refractivity contribution is 0.370. The molecule has 0 spiro atoms. The minimum absolute atomic E-state index is 0.101. The Bertz CT molecular complexity index is 1250. The summed E-state index contributed by atoms with van der Waals surface area (Å²) in [7, 11) is 2.45. The van der Waals surface area contributed by atoms with Crippen molar-refractivity contribution in [3.8, 4) is 34.3 Å². The first-order valence-electron chi connectivity index (χ1n) is 10.6. The third-order valence-electron chi connectivity index (χ3n) is 5.67. The SMILES string of the molecule is COc1ccc(OC)c(-c2csc(N3CCN(S(=O)(=O)c4cc(OC)ccc4OC)CC3)n2)c1. The van der Waals surface area contributed by atoms with Crippen LogP contribution in [0.2, 0.25) is 0 Å². The first-order valence-corrected chi connectivity index (χ1v) is 12.9. The van der Waals surface area contributed by atoms with E-state index in [0.717, 1.165) is 22.1 Å². The summed E-state index contributed by atoms with van der Waals surface area (Å²) in [6.07, 6.45) is 0. The normalized spacial score (nSPS) is 14.6. The van der Waals surface area contributed by atoms with E-state index in [9.17, 15) is 8.42 Å². The number of aromatic nitrogens is 1. The van der Waals surface area contributed by atoms with E-state index in [4.69, 9.17) is 23.9 Å². The summed E-state index contributed by atoms with van der Waals surface area (Å²) in [5.41, 5.74) is 1.63. The highest BCUT2D eigenvalue weighted by Crippen LogP contribution is 2.36. The third-order valence-corrected chi connectivity index (χ3v) is 8.49. The second-order valence-electron chi connectivity index (χ2n) is 7.49. The molecule has 1 aliphatic rings. The fraction of sp³-hybridized carbons (Fsp3) is 0.348. The molecule has 9 nitrogen and oxygen atoms in total. The van der Waals surface area contributed by atoms with Gasteiger partial charge in [0.1, 0.15) is 27.9 Å². The van der Waals surface area contributed by atoms with Gasteiger partial charge < -0.3 is 23.8 Å². The van der Waals surface area contributed by atoms with E-state index in [1.54, 1.807) is 26.4 Å². The van der Waals surface area contributed by atoms with E-state index < -0.39 is 10.0 Å². The second kappa shape index (κ2) is 10.1. The molecule has 2 heterocycles. The second-order valence-corrected chi connectivity index (χ2v) is 10.2. The molecule has 1 saturated heterocycles. The number of hydrogen-bond donors (Lipinski definition) is 0. The summed E-state index contributed by atoms with van der Waals surface area (Å²) < 4.78 is 49.5. The highest BCUT2D eigenvalue weighted by Gasteiger charge is 2.32. The first kappa shape index (κ1) is 24.1. The molecule has 0 bridgehead atoms. The molecule has 1 aliphatic heterocycles. The Morgan fingerprint density at radius 2 is 1.44 bits per heavy atom. The maximum atomic E-state index is 13.3. The number of hydrogen-bond acceptors (Lipinski definition) is 9. The Labute approximate surface area is 203 Å². The molecule has 0 amide bonds. The van der Waals surface area contributed by atoms with Crippen molar-refractivity contribution in [2.24, 2.45) is 0 Å². The summed E-state index contributed by atoms with van der Waals surface area (Å²) in [4.78, 5) is 6.98. The number of nitrogens with zero attached hydrogens (tertiary/aromatic N) is 3. The average Bonchev–Trinajstić information content (AvgIpc) is 3.38. The van der Waals surface area contributed by atoms with Crippen molar-refractivity contribution >= 4 is 26.5 Å². The Morgan fingerprint density at radius 1 is 0.824 bits per heavy atom. The van der Waals surface area contributed by atoms with Gasteiger partial charge in [-0.1, -0.05) is 0 Å². The molecule has 0 radical (unpaired) electrons. The molecule has 182 valence electrons. The molecule has 1 fully saturated rings. The van der Waals surface area contributed by atoms with Crippen LogP contribution in [-0.2, 0) is 10.0 Å². The highest BCUT2D eigenvalue weighted by atomic mass is 32.2. The van der Waals surface area contributed by atoms with Gasteiger partial charge in [0.2, 0.25) is 10.0 Å². The number of thiazole rings is 1. The van der Waals surface area contributed by atoms with Gasteiger partial charge >= 0.3 is 0 Å². The molecule has 11 heteroatoms. The van der Waals surface area contributed by atoms with Crippen molar-refractivity contribution in [3.63, 3.8) is 0 Å². The molecular weight excluding hydrogens is 478 g/mol. The smallest absolute Gasteiger partial charge is 0.247 e.